The molecule has 0 saturated heterocycles. The van der Waals surface area contributed by atoms with Crippen molar-refractivity contribution in [1.82, 2.24) is 9.78 Å². The molecule has 0 fully saturated rings. The summed E-state index contributed by atoms with van der Waals surface area (Å²) in [6, 6.07) is 35.4. The lowest BCUT2D eigenvalue weighted by Crippen LogP contribution is -2.18. The van der Waals surface area contributed by atoms with Crippen LogP contribution >= 0.6 is 11.3 Å². The molecule has 5 heteroatoms. The molecule has 1 aliphatic heterocycles. The lowest BCUT2D eigenvalue weighted by Gasteiger charge is -2.23. The van der Waals surface area contributed by atoms with E-state index in [0.717, 1.165) is 34.8 Å². The summed E-state index contributed by atoms with van der Waals surface area (Å²) in [5.74, 6) is 0. The SMILES string of the molecule is c1ccc(-c2nn(-c3ccccc3)cc2[C@@H]2CC(c3cccs3)=NN2c2ccccc2)cc1. The van der Waals surface area contributed by atoms with E-state index in [9.17, 15) is 0 Å². The van der Waals surface area contributed by atoms with Crippen molar-refractivity contribution in [2.24, 2.45) is 5.10 Å². The third kappa shape index (κ3) is 3.77. The molecule has 2 aromatic heterocycles. The number of thiophene rings is 1. The molecule has 3 aromatic carbocycles. The summed E-state index contributed by atoms with van der Waals surface area (Å²) in [6.45, 7) is 0. The van der Waals surface area contributed by atoms with Gasteiger partial charge in [0.1, 0.15) is 0 Å². The normalized spacial score (nSPS) is 15.6. The van der Waals surface area contributed by atoms with Gasteiger partial charge in [-0.2, -0.15) is 10.2 Å². The largest absolute Gasteiger partial charge is 0.257 e. The summed E-state index contributed by atoms with van der Waals surface area (Å²) in [5.41, 5.74) is 6.52. The molecular weight excluding hydrogens is 424 g/mol. The maximum atomic E-state index is 5.10. The highest BCUT2D eigenvalue weighted by Crippen LogP contribution is 2.41. The Morgan fingerprint density at radius 2 is 1.39 bits per heavy atom. The number of hydrogen-bond donors (Lipinski definition) is 0. The Hall–Kier alpha value is -3.96. The lowest BCUT2D eigenvalue weighted by molar-refractivity contribution is 0.710. The Balaban J connectivity index is 1.50. The van der Waals surface area contributed by atoms with E-state index in [4.69, 9.17) is 10.2 Å². The second-order valence-corrected chi connectivity index (χ2v) is 8.95. The molecule has 0 aliphatic carbocycles. The van der Waals surface area contributed by atoms with E-state index in [1.807, 2.05) is 35.0 Å². The number of hydrazone groups is 1. The predicted molar refractivity (Wildman–Crippen MR) is 136 cm³/mol. The van der Waals surface area contributed by atoms with Crippen LogP contribution in [0, 0.1) is 0 Å². The van der Waals surface area contributed by atoms with E-state index < -0.39 is 0 Å². The van der Waals surface area contributed by atoms with Crippen LogP contribution in [0.5, 0.6) is 0 Å². The van der Waals surface area contributed by atoms with E-state index in [2.05, 4.69) is 89.4 Å². The van der Waals surface area contributed by atoms with Crippen LogP contribution < -0.4 is 5.01 Å². The van der Waals surface area contributed by atoms with Crippen molar-refractivity contribution in [3.05, 3.63) is 125 Å². The van der Waals surface area contributed by atoms with Crippen LogP contribution in [0.15, 0.2) is 120 Å². The lowest BCUT2D eigenvalue weighted by atomic mass is 9.98. The summed E-state index contributed by atoms with van der Waals surface area (Å²) in [5, 5.41) is 14.4. The van der Waals surface area contributed by atoms with Gasteiger partial charge in [-0.05, 0) is 35.7 Å². The van der Waals surface area contributed by atoms with Crippen LogP contribution in [0.4, 0.5) is 5.69 Å². The highest BCUT2D eigenvalue weighted by atomic mass is 32.1. The quantitative estimate of drug-likeness (QED) is 0.292. The second-order valence-electron chi connectivity index (χ2n) is 8.00. The molecule has 0 bridgehead atoms. The summed E-state index contributed by atoms with van der Waals surface area (Å²) in [6.07, 6.45) is 3.00. The van der Waals surface area contributed by atoms with Gasteiger partial charge in [0.15, 0.2) is 0 Å². The first kappa shape index (κ1) is 19.7. The van der Waals surface area contributed by atoms with E-state index >= 15 is 0 Å². The Morgan fingerprint density at radius 1 is 0.727 bits per heavy atom. The van der Waals surface area contributed by atoms with Crippen molar-refractivity contribution < 1.29 is 0 Å². The summed E-state index contributed by atoms with van der Waals surface area (Å²) in [4.78, 5) is 1.22. The van der Waals surface area contributed by atoms with Crippen molar-refractivity contribution in [2.75, 3.05) is 5.01 Å². The molecule has 4 nitrogen and oxygen atoms in total. The first-order valence-corrected chi connectivity index (χ1v) is 11.9. The zero-order valence-corrected chi connectivity index (χ0v) is 18.8. The zero-order chi connectivity index (χ0) is 22.0. The van der Waals surface area contributed by atoms with Gasteiger partial charge in [-0.1, -0.05) is 72.8 Å². The fraction of sp³-hybridized carbons (Fsp3) is 0.0714. The van der Waals surface area contributed by atoms with Gasteiger partial charge in [0.05, 0.1) is 33.7 Å². The highest BCUT2D eigenvalue weighted by Gasteiger charge is 2.33. The molecule has 1 atom stereocenters. The predicted octanol–water partition coefficient (Wildman–Crippen LogP) is 6.96. The molecule has 0 amide bonds. The van der Waals surface area contributed by atoms with Gasteiger partial charge in [-0.15, -0.1) is 11.3 Å². The molecule has 0 saturated carbocycles. The smallest absolute Gasteiger partial charge is 0.0981 e. The van der Waals surface area contributed by atoms with Crippen LogP contribution in [-0.2, 0) is 0 Å². The maximum absolute atomic E-state index is 5.10. The van der Waals surface area contributed by atoms with E-state index in [-0.39, 0.29) is 6.04 Å². The minimum Gasteiger partial charge on any atom is -0.257 e. The number of para-hydroxylation sites is 2. The Kier molecular flexibility index (Phi) is 5.09. The zero-order valence-electron chi connectivity index (χ0n) is 18.0. The first-order valence-electron chi connectivity index (χ1n) is 11.0. The summed E-state index contributed by atoms with van der Waals surface area (Å²) in [7, 11) is 0. The minimum absolute atomic E-state index is 0.0529. The third-order valence-electron chi connectivity index (χ3n) is 5.91. The number of rotatable bonds is 5. The molecule has 33 heavy (non-hydrogen) atoms. The van der Waals surface area contributed by atoms with Crippen LogP contribution in [0.2, 0.25) is 0 Å². The fourth-order valence-corrected chi connectivity index (χ4v) is 5.05. The van der Waals surface area contributed by atoms with Gasteiger partial charge < -0.3 is 0 Å². The van der Waals surface area contributed by atoms with Crippen molar-refractivity contribution in [2.45, 2.75) is 12.5 Å². The molecule has 0 N–H and O–H groups in total. The van der Waals surface area contributed by atoms with Gasteiger partial charge in [-0.3, -0.25) is 5.01 Å². The van der Waals surface area contributed by atoms with E-state index in [0.29, 0.717) is 0 Å². The van der Waals surface area contributed by atoms with Crippen molar-refractivity contribution in [3.8, 4) is 16.9 Å². The molecule has 0 radical (unpaired) electrons. The second kappa shape index (κ2) is 8.52. The van der Waals surface area contributed by atoms with Crippen LogP contribution in [0.1, 0.15) is 22.9 Å². The topological polar surface area (TPSA) is 33.4 Å². The van der Waals surface area contributed by atoms with Gasteiger partial charge >= 0.3 is 0 Å². The molecular formula is C28H22N4S. The number of nitrogens with zero attached hydrogens (tertiary/aromatic N) is 4. The van der Waals surface area contributed by atoms with Gasteiger partial charge in [0.25, 0.3) is 0 Å². The van der Waals surface area contributed by atoms with Crippen molar-refractivity contribution in [3.63, 3.8) is 0 Å². The average molecular weight is 447 g/mol. The van der Waals surface area contributed by atoms with E-state index in [1.165, 1.54) is 10.4 Å². The molecule has 1 aliphatic rings. The van der Waals surface area contributed by atoms with Crippen molar-refractivity contribution in [1.29, 1.82) is 0 Å². The van der Waals surface area contributed by atoms with Gasteiger partial charge in [0, 0.05) is 23.7 Å². The van der Waals surface area contributed by atoms with E-state index in [1.54, 1.807) is 11.3 Å². The van der Waals surface area contributed by atoms with Gasteiger partial charge in [0.2, 0.25) is 0 Å². The Morgan fingerprint density at radius 3 is 2.06 bits per heavy atom. The van der Waals surface area contributed by atoms with Crippen molar-refractivity contribution >= 4 is 22.7 Å². The van der Waals surface area contributed by atoms with Gasteiger partial charge in [-0.25, -0.2) is 4.68 Å². The summed E-state index contributed by atoms with van der Waals surface area (Å²) < 4.78 is 1.99. The number of aromatic nitrogens is 2. The number of hydrogen-bond acceptors (Lipinski definition) is 4. The molecule has 160 valence electrons. The molecule has 5 aromatic rings. The summed E-state index contributed by atoms with van der Waals surface area (Å²) >= 11 is 1.74. The first-order chi connectivity index (χ1) is 16.4. The molecule has 0 unspecified atom stereocenters. The monoisotopic (exact) mass is 446 g/mol. The third-order valence-corrected chi connectivity index (χ3v) is 6.83. The van der Waals surface area contributed by atoms with Crippen LogP contribution in [0.3, 0.4) is 0 Å². The average Bonchev–Trinajstić information content (AvgIpc) is 3.65. The van der Waals surface area contributed by atoms with Crippen LogP contribution in [-0.4, -0.2) is 15.5 Å². The fourth-order valence-electron chi connectivity index (χ4n) is 4.33. The number of benzene rings is 3. The molecule has 3 heterocycles. The number of anilines is 1. The molecule has 0 spiro atoms. The standard InChI is InChI=1S/C28H22N4S/c1-4-11-21(12-5-1)28-24(20-31(30-28)22-13-6-2-7-14-22)26-19-25(27-17-10-18-33-27)29-32(26)23-15-8-3-9-16-23/h1-18,20,26H,19H2/t26-/m0/s1. The maximum Gasteiger partial charge on any atom is 0.0981 e. The Bertz CT molecular complexity index is 1370. The highest BCUT2D eigenvalue weighted by molar-refractivity contribution is 7.12. The Labute approximate surface area is 197 Å². The minimum atomic E-state index is 0.0529. The molecule has 6 rings (SSSR count). The van der Waals surface area contributed by atoms with Crippen LogP contribution in [0.25, 0.3) is 16.9 Å².